The molecule has 0 aliphatic carbocycles. The number of nitrogens with zero attached hydrogens (tertiary/aromatic N) is 2. The van der Waals surface area contributed by atoms with Crippen molar-refractivity contribution in [3.8, 4) is 0 Å². The van der Waals surface area contributed by atoms with E-state index in [1.807, 2.05) is 35.2 Å². The van der Waals surface area contributed by atoms with Crippen LogP contribution in [-0.4, -0.2) is 15.8 Å². The summed E-state index contributed by atoms with van der Waals surface area (Å²) in [7, 11) is 0. The highest BCUT2D eigenvalue weighted by molar-refractivity contribution is 5.91. The lowest BCUT2D eigenvalue weighted by Gasteiger charge is -2.21. The molecule has 1 aromatic heterocycles. The predicted molar refractivity (Wildman–Crippen MR) is 120 cm³/mol. The van der Waals surface area contributed by atoms with E-state index in [0.717, 1.165) is 11.1 Å². The molecule has 0 unspecified atom stereocenters. The number of carbonyl (C=O) groups is 1. The lowest BCUT2D eigenvalue weighted by atomic mass is 10.1. The molecule has 33 heavy (non-hydrogen) atoms. The number of halogens is 2. The van der Waals surface area contributed by atoms with Gasteiger partial charge in [0.2, 0.25) is 5.89 Å². The van der Waals surface area contributed by atoms with E-state index in [1.54, 1.807) is 30.3 Å². The molecule has 0 spiro atoms. The molecule has 1 N–H and O–H groups in total. The van der Waals surface area contributed by atoms with Crippen molar-refractivity contribution < 1.29 is 18.0 Å². The molecule has 0 saturated carbocycles. The Hall–Kier alpha value is -3.84. The third-order valence-electron chi connectivity index (χ3n) is 5.11. The molecule has 3 aromatic carbocycles. The zero-order valence-electron chi connectivity index (χ0n) is 17.9. The molecule has 0 atom stereocenters. The van der Waals surface area contributed by atoms with E-state index in [9.17, 15) is 13.6 Å². The molecule has 5 nitrogen and oxygen atoms in total. The highest BCUT2D eigenvalue weighted by Crippen LogP contribution is 2.17. The first-order valence-electron chi connectivity index (χ1n) is 10.5. The van der Waals surface area contributed by atoms with E-state index in [-0.39, 0.29) is 29.8 Å². The zero-order valence-corrected chi connectivity index (χ0v) is 17.9. The van der Waals surface area contributed by atoms with Crippen molar-refractivity contribution in [2.24, 2.45) is 0 Å². The summed E-state index contributed by atoms with van der Waals surface area (Å²) in [6.07, 6.45) is 1.31. The van der Waals surface area contributed by atoms with Crippen LogP contribution in [0.5, 0.6) is 0 Å². The van der Waals surface area contributed by atoms with Gasteiger partial charge in [-0.15, -0.1) is 0 Å². The molecule has 4 aromatic rings. The van der Waals surface area contributed by atoms with Crippen LogP contribution in [0.2, 0.25) is 0 Å². The van der Waals surface area contributed by atoms with Crippen LogP contribution in [0, 0.1) is 11.6 Å². The van der Waals surface area contributed by atoms with Crippen molar-refractivity contribution in [3.63, 3.8) is 0 Å². The molecule has 168 valence electrons. The van der Waals surface area contributed by atoms with Crippen molar-refractivity contribution in [3.05, 3.63) is 125 Å². The van der Waals surface area contributed by atoms with Crippen molar-refractivity contribution in [2.45, 2.75) is 26.2 Å². The van der Waals surface area contributed by atoms with E-state index in [4.69, 9.17) is 4.42 Å². The highest BCUT2D eigenvalue weighted by atomic mass is 19.1. The maximum Gasteiger partial charge on any atom is 0.273 e. The van der Waals surface area contributed by atoms with Gasteiger partial charge in [0, 0.05) is 25.2 Å². The molecule has 0 radical (unpaired) electrons. The van der Waals surface area contributed by atoms with Gasteiger partial charge < -0.3 is 9.73 Å². The van der Waals surface area contributed by atoms with Gasteiger partial charge in [-0.05, 0) is 29.3 Å². The summed E-state index contributed by atoms with van der Waals surface area (Å²) in [4.78, 5) is 18.7. The van der Waals surface area contributed by atoms with Crippen LogP contribution in [0.4, 0.5) is 8.78 Å². The van der Waals surface area contributed by atoms with Gasteiger partial charge in [-0.3, -0.25) is 9.69 Å². The quantitative estimate of drug-likeness (QED) is 0.389. The second kappa shape index (κ2) is 10.7. The molecule has 0 aliphatic rings. The van der Waals surface area contributed by atoms with Crippen LogP contribution < -0.4 is 5.32 Å². The first-order chi connectivity index (χ1) is 16.1. The Morgan fingerprint density at radius 2 is 1.58 bits per heavy atom. The van der Waals surface area contributed by atoms with Gasteiger partial charge in [-0.1, -0.05) is 60.7 Å². The van der Waals surface area contributed by atoms with Gasteiger partial charge in [-0.25, -0.2) is 13.8 Å². The molecule has 0 saturated heterocycles. The second-order valence-electron chi connectivity index (χ2n) is 7.66. The number of oxazole rings is 1. The summed E-state index contributed by atoms with van der Waals surface area (Å²) in [6, 6.07) is 22.2. The van der Waals surface area contributed by atoms with Crippen LogP contribution in [0.25, 0.3) is 0 Å². The van der Waals surface area contributed by atoms with Crippen LogP contribution in [-0.2, 0) is 26.2 Å². The zero-order chi connectivity index (χ0) is 23.0. The monoisotopic (exact) mass is 447 g/mol. The number of nitrogens with one attached hydrogen (secondary N) is 1. The Balaban J connectivity index is 1.45. The molecule has 1 heterocycles. The minimum absolute atomic E-state index is 0.175. The fraction of sp³-hybridized carbons (Fsp3) is 0.154. The Morgan fingerprint density at radius 3 is 2.33 bits per heavy atom. The Bertz CT molecular complexity index is 1190. The van der Waals surface area contributed by atoms with Crippen molar-refractivity contribution >= 4 is 5.91 Å². The smallest absolute Gasteiger partial charge is 0.273 e. The van der Waals surface area contributed by atoms with Crippen LogP contribution >= 0.6 is 0 Å². The number of carbonyl (C=O) groups excluding carboxylic acids is 1. The minimum atomic E-state index is -0.340. The Labute approximate surface area is 190 Å². The summed E-state index contributed by atoms with van der Waals surface area (Å²) >= 11 is 0. The number of hydrogen-bond acceptors (Lipinski definition) is 4. The fourth-order valence-corrected chi connectivity index (χ4v) is 3.43. The molecule has 0 aliphatic heterocycles. The number of amides is 1. The Kier molecular flexibility index (Phi) is 7.22. The van der Waals surface area contributed by atoms with Gasteiger partial charge in [-0.2, -0.15) is 0 Å². The largest absolute Gasteiger partial charge is 0.447 e. The maximum absolute atomic E-state index is 14.2. The highest BCUT2D eigenvalue weighted by Gasteiger charge is 2.17. The Morgan fingerprint density at radius 1 is 0.848 bits per heavy atom. The third-order valence-corrected chi connectivity index (χ3v) is 5.11. The van der Waals surface area contributed by atoms with Crippen LogP contribution in [0.3, 0.4) is 0 Å². The van der Waals surface area contributed by atoms with Crippen LogP contribution in [0.15, 0.2) is 89.5 Å². The summed E-state index contributed by atoms with van der Waals surface area (Å²) in [5.41, 5.74) is 2.53. The normalized spacial score (nSPS) is 11.0. The van der Waals surface area contributed by atoms with E-state index in [2.05, 4.69) is 10.3 Å². The lowest BCUT2D eigenvalue weighted by Crippen LogP contribution is -2.24. The predicted octanol–water partition coefficient (Wildman–Crippen LogP) is 5.09. The van der Waals surface area contributed by atoms with Gasteiger partial charge in [0.1, 0.15) is 17.9 Å². The van der Waals surface area contributed by atoms with Crippen molar-refractivity contribution in [2.75, 3.05) is 0 Å². The topological polar surface area (TPSA) is 58.4 Å². The van der Waals surface area contributed by atoms with E-state index in [0.29, 0.717) is 31.1 Å². The molecule has 0 fully saturated rings. The molecular weight excluding hydrogens is 424 g/mol. The number of benzene rings is 3. The summed E-state index contributed by atoms with van der Waals surface area (Å²) in [5.74, 6) is -0.639. The number of hydrogen-bond donors (Lipinski definition) is 1. The van der Waals surface area contributed by atoms with E-state index in [1.165, 1.54) is 24.5 Å². The van der Waals surface area contributed by atoms with Crippen LogP contribution in [0.1, 0.15) is 33.1 Å². The molecular formula is C26H23F2N3O2. The molecule has 4 rings (SSSR count). The average molecular weight is 447 g/mol. The van der Waals surface area contributed by atoms with Crippen molar-refractivity contribution in [1.82, 2.24) is 15.2 Å². The summed E-state index contributed by atoms with van der Waals surface area (Å²) in [6.45, 7) is 1.35. The van der Waals surface area contributed by atoms with Gasteiger partial charge in [0.05, 0.1) is 6.54 Å². The average Bonchev–Trinajstić information content (AvgIpc) is 3.30. The summed E-state index contributed by atoms with van der Waals surface area (Å²) < 4.78 is 33.1. The first kappa shape index (κ1) is 22.4. The van der Waals surface area contributed by atoms with E-state index < -0.39 is 0 Å². The number of rotatable bonds is 9. The van der Waals surface area contributed by atoms with Gasteiger partial charge in [0.15, 0.2) is 5.69 Å². The van der Waals surface area contributed by atoms with Gasteiger partial charge >= 0.3 is 0 Å². The summed E-state index contributed by atoms with van der Waals surface area (Å²) in [5, 5.41) is 2.81. The number of aromatic nitrogens is 1. The SMILES string of the molecule is O=C(NCc1ccccc1)c1coc(CN(Cc2ccc(F)cc2)Cc2ccccc2F)n1. The van der Waals surface area contributed by atoms with E-state index >= 15 is 0 Å². The fourth-order valence-electron chi connectivity index (χ4n) is 3.43. The third kappa shape index (κ3) is 6.33. The standard InChI is InChI=1S/C26H23F2N3O2/c27-22-12-10-20(11-13-22)15-31(16-21-8-4-5-9-23(21)28)17-25-30-24(18-33-25)26(32)29-14-19-6-2-1-3-7-19/h1-13,18H,14-17H2,(H,29,32). The molecule has 0 bridgehead atoms. The second-order valence-corrected chi connectivity index (χ2v) is 7.66. The molecule has 7 heteroatoms. The molecule has 1 amide bonds. The maximum atomic E-state index is 14.2. The first-order valence-corrected chi connectivity index (χ1v) is 10.5. The van der Waals surface area contributed by atoms with Gasteiger partial charge in [0.25, 0.3) is 5.91 Å². The lowest BCUT2D eigenvalue weighted by molar-refractivity contribution is 0.0945. The van der Waals surface area contributed by atoms with Crippen molar-refractivity contribution in [1.29, 1.82) is 0 Å². The minimum Gasteiger partial charge on any atom is -0.447 e.